The van der Waals surface area contributed by atoms with Crippen LogP contribution in [-0.2, 0) is 4.79 Å². The van der Waals surface area contributed by atoms with E-state index in [2.05, 4.69) is 5.32 Å². The Morgan fingerprint density at radius 1 is 1.07 bits per heavy atom. The molecule has 0 fully saturated rings. The lowest BCUT2D eigenvalue weighted by Gasteiger charge is -2.12. The number of anilines is 1. The number of hydrogen-bond acceptors (Lipinski definition) is 2. The fourth-order valence-electron chi connectivity index (χ4n) is 3.29. The van der Waals surface area contributed by atoms with Crippen molar-refractivity contribution in [1.82, 2.24) is 4.57 Å². The van der Waals surface area contributed by atoms with Crippen LogP contribution < -0.4 is 5.32 Å². The minimum atomic E-state index is -0.452. The van der Waals surface area contributed by atoms with Crippen LogP contribution in [0.1, 0.15) is 28.1 Å². The SMILES string of the molecule is Cc1ccc(NC(=O)/C(C#N)=C\c2cc(C)n(-c3cccc(Cl)c3Cl)c2C)cc1C. The molecule has 2 aromatic carbocycles. The van der Waals surface area contributed by atoms with Gasteiger partial charge in [0.1, 0.15) is 11.6 Å². The van der Waals surface area contributed by atoms with Crippen LogP contribution in [0.15, 0.2) is 48.0 Å². The van der Waals surface area contributed by atoms with Crippen LogP contribution in [0.2, 0.25) is 10.0 Å². The lowest BCUT2D eigenvalue weighted by molar-refractivity contribution is -0.112. The summed E-state index contributed by atoms with van der Waals surface area (Å²) in [4.78, 5) is 12.7. The van der Waals surface area contributed by atoms with Crippen LogP contribution >= 0.6 is 23.2 Å². The third-order valence-corrected chi connectivity index (χ3v) is 5.88. The number of rotatable bonds is 4. The number of benzene rings is 2. The molecule has 0 atom stereocenters. The zero-order valence-electron chi connectivity index (χ0n) is 17.2. The summed E-state index contributed by atoms with van der Waals surface area (Å²) in [6, 6.07) is 15.0. The predicted octanol–water partition coefficient (Wildman–Crippen LogP) is 6.56. The van der Waals surface area contributed by atoms with Crippen LogP contribution in [0.3, 0.4) is 0 Å². The molecule has 0 aliphatic heterocycles. The summed E-state index contributed by atoms with van der Waals surface area (Å²) < 4.78 is 1.95. The monoisotopic (exact) mass is 437 g/mol. The Bertz CT molecular complexity index is 1220. The average Bonchev–Trinajstić information content (AvgIpc) is 2.98. The van der Waals surface area contributed by atoms with Crippen LogP contribution in [0.5, 0.6) is 0 Å². The Hall–Kier alpha value is -3.00. The van der Waals surface area contributed by atoms with E-state index in [-0.39, 0.29) is 5.57 Å². The molecule has 1 aromatic heterocycles. The van der Waals surface area contributed by atoms with Crippen LogP contribution in [0, 0.1) is 39.0 Å². The van der Waals surface area contributed by atoms with Crippen molar-refractivity contribution in [3.05, 3.63) is 86.2 Å². The Labute approximate surface area is 186 Å². The van der Waals surface area contributed by atoms with Gasteiger partial charge in [0.05, 0.1) is 15.7 Å². The maximum Gasteiger partial charge on any atom is 0.266 e. The van der Waals surface area contributed by atoms with E-state index in [1.807, 2.05) is 74.7 Å². The van der Waals surface area contributed by atoms with Gasteiger partial charge >= 0.3 is 0 Å². The van der Waals surface area contributed by atoms with Gasteiger partial charge < -0.3 is 9.88 Å². The minimum Gasteiger partial charge on any atom is -0.321 e. The third-order valence-electron chi connectivity index (χ3n) is 5.07. The lowest BCUT2D eigenvalue weighted by Crippen LogP contribution is -2.13. The number of aryl methyl sites for hydroxylation is 3. The van der Waals surface area contributed by atoms with E-state index in [4.69, 9.17) is 23.2 Å². The molecule has 1 N–H and O–H groups in total. The van der Waals surface area contributed by atoms with Gasteiger partial charge in [0.25, 0.3) is 5.91 Å². The van der Waals surface area contributed by atoms with E-state index >= 15 is 0 Å². The van der Waals surface area contributed by atoms with Crippen LogP contribution in [-0.4, -0.2) is 10.5 Å². The molecule has 0 saturated carbocycles. The van der Waals surface area contributed by atoms with Gasteiger partial charge in [-0.1, -0.05) is 35.3 Å². The van der Waals surface area contributed by atoms with Gasteiger partial charge in [-0.3, -0.25) is 4.79 Å². The molecular formula is C24H21Cl2N3O. The Balaban J connectivity index is 1.96. The summed E-state index contributed by atoms with van der Waals surface area (Å²) >= 11 is 12.6. The quantitative estimate of drug-likeness (QED) is 0.370. The van der Waals surface area contributed by atoms with Crippen molar-refractivity contribution < 1.29 is 4.79 Å². The summed E-state index contributed by atoms with van der Waals surface area (Å²) in [5.41, 5.74) is 6.14. The van der Waals surface area contributed by atoms with E-state index in [9.17, 15) is 10.1 Å². The van der Waals surface area contributed by atoms with Crippen molar-refractivity contribution >= 4 is 40.9 Å². The van der Waals surface area contributed by atoms with Gasteiger partial charge in [-0.25, -0.2) is 0 Å². The molecule has 6 heteroatoms. The largest absolute Gasteiger partial charge is 0.321 e. The van der Waals surface area contributed by atoms with Gasteiger partial charge in [-0.15, -0.1) is 0 Å². The molecule has 0 spiro atoms. The number of halogens is 2. The zero-order chi connectivity index (χ0) is 22.0. The van der Waals surface area contributed by atoms with Crippen molar-refractivity contribution in [1.29, 1.82) is 5.26 Å². The standard InChI is InChI=1S/C24H21Cl2N3O/c1-14-8-9-20(10-15(14)2)28-24(30)19(13-27)12-18-11-16(3)29(17(18)4)22-7-5-6-21(25)23(22)26/h5-12H,1-4H3,(H,28,30)/b19-12-. The number of nitrogens with one attached hydrogen (secondary N) is 1. The molecule has 4 nitrogen and oxygen atoms in total. The smallest absolute Gasteiger partial charge is 0.266 e. The summed E-state index contributed by atoms with van der Waals surface area (Å²) in [7, 11) is 0. The molecule has 0 bridgehead atoms. The van der Waals surface area contributed by atoms with Crippen LogP contribution in [0.4, 0.5) is 5.69 Å². The number of carbonyl (C=O) groups excluding carboxylic acids is 1. The van der Waals surface area contributed by atoms with Crippen molar-refractivity contribution in [3.63, 3.8) is 0 Å². The average molecular weight is 438 g/mol. The first-order chi connectivity index (χ1) is 14.2. The molecule has 0 aliphatic carbocycles. The Kier molecular flexibility index (Phi) is 6.36. The van der Waals surface area contributed by atoms with Crippen LogP contribution in [0.25, 0.3) is 11.8 Å². The normalized spacial score (nSPS) is 11.3. The second kappa shape index (κ2) is 8.79. The molecule has 0 saturated heterocycles. The highest BCUT2D eigenvalue weighted by molar-refractivity contribution is 6.43. The molecule has 30 heavy (non-hydrogen) atoms. The fourth-order valence-corrected chi connectivity index (χ4v) is 3.67. The molecule has 3 aromatic rings. The molecule has 3 rings (SSSR count). The highest BCUT2D eigenvalue weighted by Crippen LogP contribution is 2.32. The van der Waals surface area contributed by atoms with Gasteiger partial charge in [-0.05, 0) is 80.8 Å². The number of amides is 1. The molecule has 152 valence electrons. The van der Waals surface area contributed by atoms with E-state index < -0.39 is 5.91 Å². The topological polar surface area (TPSA) is 57.8 Å². The first-order valence-electron chi connectivity index (χ1n) is 9.36. The van der Waals surface area contributed by atoms with Gasteiger partial charge in [-0.2, -0.15) is 5.26 Å². The van der Waals surface area contributed by atoms with Crippen molar-refractivity contribution in [2.45, 2.75) is 27.7 Å². The van der Waals surface area contributed by atoms with Crippen molar-refractivity contribution in [3.8, 4) is 11.8 Å². The summed E-state index contributed by atoms with van der Waals surface area (Å²) in [6.45, 7) is 7.82. The lowest BCUT2D eigenvalue weighted by atomic mass is 10.1. The number of hydrogen-bond donors (Lipinski definition) is 1. The Morgan fingerprint density at radius 2 is 1.80 bits per heavy atom. The summed E-state index contributed by atoms with van der Waals surface area (Å²) in [6.07, 6.45) is 1.59. The maximum atomic E-state index is 12.7. The maximum absolute atomic E-state index is 12.7. The number of nitriles is 1. The van der Waals surface area contributed by atoms with Gasteiger partial charge in [0, 0.05) is 17.1 Å². The number of aromatic nitrogens is 1. The summed E-state index contributed by atoms with van der Waals surface area (Å²) in [5, 5.41) is 13.3. The molecular weight excluding hydrogens is 417 g/mol. The number of carbonyl (C=O) groups is 1. The summed E-state index contributed by atoms with van der Waals surface area (Å²) in [5.74, 6) is -0.452. The zero-order valence-corrected chi connectivity index (χ0v) is 18.7. The van der Waals surface area contributed by atoms with Gasteiger partial charge in [0.15, 0.2) is 0 Å². The second-order valence-electron chi connectivity index (χ2n) is 7.16. The molecule has 1 amide bonds. The minimum absolute atomic E-state index is 0.0191. The van der Waals surface area contributed by atoms with Crippen molar-refractivity contribution in [2.75, 3.05) is 5.32 Å². The first-order valence-corrected chi connectivity index (χ1v) is 10.1. The third kappa shape index (κ3) is 4.28. The van der Waals surface area contributed by atoms with Gasteiger partial charge in [0.2, 0.25) is 0 Å². The molecule has 0 radical (unpaired) electrons. The molecule has 0 aliphatic rings. The Morgan fingerprint density at radius 3 is 2.47 bits per heavy atom. The van der Waals surface area contributed by atoms with E-state index in [1.165, 1.54) is 0 Å². The first kappa shape index (κ1) is 21.7. The number of nitrogens with zero attached hydrogens (tertiary/aromatic N) is 2. The predicted molar refractivity (Wildman–Crippen MR) is 123 cm³/mol. The van der Waals surface area contributed by atoms with E-state index in [0.717, 1.165) is 33.8 Å². The second-order valence-corrected chi connectivity index (χ2v) is 7.94. The van der Waals surface area contributed by atoms with E-state index in [1.54, 1.807) is 12.1 Å². The van der Waals surface area contributed by atoms with E-state index in [0.29, 0.717) is 15.7 Å². The molecule has 1 heterocycles. The highest BCUT2D eigenvalue weighted by Gasteiger charge is 2.16. The molecule has 0 unspecified atom stereocenters. The van der Waals surface area contributed by atoms with Crippen molar-refractivity contribution in [2.24, 2.45) is 0 Å². The highest BCUT2D eigenvalue weighted by atomic mass is 35.5. The fraction of sp³-hybridized carbons (Fsp3) is 0.167.